The summed E-state index contributed by atoms with van der Waals surface area (Å²) in [5.74, 6) is -0.603. The fraction of sp³-hybridized carbons (Fsp3) is 0.400. The molecule has 140 valence electrons. The minimum Gasteiger partial charge on any atom is -0.375 e. The van der Waals surface area contributed by atoms with Crippen LogP contribution in [0.25, 0.3) is 10.8 Å². The Labute approximate surface area is 153 Å². The molecule has 0 aromatic heterocycles. The van der Waals surface area contributed by atoms with Gasteiger partial charge in [0.15, 0.2) is 0 Å². The number of rotatable bonds is 11. The number of hydrogen-bond donors (Lipinski definition) is 3. The Balaban J connectivity index is 1.86. The highest BCUT2D eigenvalue weighted by Gasteiger charge is 2.06. The van der Waals surface area contributed by atoms with E-state index >= 15 is 0 Å². The summed E-state index contributed by atoms with van der Waals surface area (Å²) in [6.45, 7) is 0.866. The molecule has 1 unspecified atom stereocenters. The van der Waals surface area contributed by atoms with Crippen LogP contribution in [0.15, 0.2) is 36.4 Å². The van der Waals surface area contributed by atoms with Crippen LogP contribution < -0.4 is 17.2 Å². The van der Waals surface area contributed by atoms with Crippen molar-refractivity contribution in [2.45, 2.75) is 44.8 Å². The summed E-state index contributed by atoms with van der Waals surface area (Å²) in [6, 6.07) is 12.3. The molecular weight excluding hydrogens is 330 g/mol. The zero-order valence-electron chi connectivity index (χ0n) is 14.9. The number of ether oxygens (including phenoxy) is 1. The molecule has 2 aromatic rings. The predicted octanol–water partition coefficient (Wildman–Crippen LogP) is 1.76. The molecule has 0 aliphatic carbocycles. The van der Waals surface area contributed by atoms with Gasteiger partial charge < -0.3 is 21.9 Å². The highest BCUT2D eigenvalue weighted by Crippen LogP contribution is 2.19. The van der Waals surface area contributed by atoms with E-state index in [1.165, 1.54) is 5.56 Å². The Hall–Kier alpha value is -2.44. The first-order valence-electron chi connectivity index (χ1n) is 8.85. The largest absolute Gasteiger partial charge is 0.375 e. The predicted molar refractivity (Wildman–Crippen MR) is 102 cm³/mol. The van der Waals surface area contributed by atoms with Crippen LogP contribution in [-0.4, -0.2) is 24.5 Å². The number of benzene rings is 2. The van der Waals surface area contributed by atoms with Crippen molar-refractivity contribution in [3.05, 3.63) is 47.5 Å². The first kappa shape index (κ1) is 19.9. The molecule has 26 heavy (non-hydrogen) atoms. The number of primary amides is 2. The molecule has 0 saturated carbocycles. The first-order chi connectivity index (χ1) is 12.4. The number of aryl methyl sites for hydroxylation is 1. The molecule has 0 aliphatic heterocycles. The van der Waals surface area contributed by atoms with Crippen LogP contribution in [0.1, 0.15) is 36.8 Å². The van der Waals surface area contributed by atoms with Crippen molar-refractivity contribution in [3.8, 4) is 0 Å². The number of carbonyl (C=O) groups is 2. The van der Waals surface area contributed by atoms with Gasteiger partial charge in [0, 0.05) is 18.9 Å². The third-order valence-electron chi connectivity index (χ3n) is 4.22. The van der Waals surface area contributed by atoms with Crippen molar-refractivity contribution < 1.29 is 14.3 Å². The van der Waals surface area contributed by atoms with Gasteiger partial charge in [-0.15, -0.1) is 0 Å². The number of fused-ring (bicyclic) bond motifs is 1. The number of nitrogens with two attached hydrogens (primary N) is 3. The zero-order valence-corrected chi connectivity index (χ0v) is 14.9. The molecule has 0 fully saturated rings. The molecule has 6 nitrogen and oxygen atoms in total. The molecule has 6 N–H and O–H groups in total. The van der Waals surface area contributed by atoms with Gasteiger partial charge in [-0.3, -0.25) is 9.59 Å². The van der Waals surface area contributed by atoms with Crippen molar-refractivity contribution >= 4 is 22.6 Å². The molecule has 0 spiro atoms. The number of hydrogen-bond acceptors (Lipinski definition) is 4. The Bertz CT molecular complexity index is 761. The van der Waals surface area contributed by atoms with Crippen molar-refractivity contribution in [2.75, 3.05) is 6.61 Å². The molecule has 0 heterocycles. The molecule has 2 rings (SSSR count). The van der Waals surface area contributed by atoms with E-state index in [1.54, 1.807) is 0 Å². The first-order valence-corrected chi connectivity index (χ1v) is 8.85. The molecule has 2 aromatic carbocycles. The van der Waals surface area contributed by atoms with Gasteiger partial charge in [0.1, 0.15) is 0 Å². The minimum atomic E-state index is -0.344. The second kappa shape index (κ2) is 9.89. The van der Waals surface area contributed by atoms with Crippen LogP contribution >= 0.6 is 0 Å². The number of amides is 2. The second-order valence-corrected chi connectivity index (χ2v) is 6.62. The molecule has 0 radical (unpaired) electrons. The van der Waals surface area contributed by atoms with Crippen molar-refractivity contribution in [3.63, 3.8) is 0 Å². The van der Waals surface area contributed by atoms with Gasteiger partial charge in [0.25, 0.3) is 0 Å². The summed E-state index contributed by atoms with van der Waals surface area (Å²) in [6.07, 6.45) is 2.83. The lowest BCUT2D eigenvalue weighted by Crippen LogP contribution is -2.28. The van der Waals surface area contributed by atoms with Crippen LogP contribution in [0.5, 0.6) is 0 Å². The van der Waals surface area contributed by atoms with E-state index in [0.717, 1.165) is 29.2 Å². The van der Waals surface area contributed by atoms with Crippen LogP contribution in [-0.2, 0) is 27.4 Å². The summed E-state index contributed by atoms with van der Waals surface area (Å²) in [5, 5.41) is 2.30. The standard InChI is InChI=1S/C20H27N3O3/c21-18(8-9-20(23)25)13-26-12-15-5-7-16-10-14(2-1-3-19(22)24)4-6-17(16)11-15/h4-7,10-11,18H,1-3,8-9,12-13,21H2,(H2,22,24)(H2,23,25). The average molecular weight is 357 g/mol. The van der Waals surface area contributed by atoms with Gasteiger partial charge in [0.2, 0.25) is 11.8 Å². The Morgan fingerprint density at radius 1 is 0.923 bits per heavy atom. The van der Waals surface area contributed by atoms with E-state index in [0.29, 0.717) is 26.1 Å². The maximum atomic E-state index is 10.8. The fourth-order valence-electron chi connectivity index (χ4n) is 2.80. The zero-order chi connectivity index (χ0) is 18.9. The van der Waals surface area contributed by atoms with E-state index in [9.17, 15) is 9.59 Å². The average Bonchev–Trinajstić information content (AvgIpc) is 2.59. The Kier molecular flexibility index (Phi) is 7.56. The SMILES string of the molecule is NC(=O)CCCc1ccc2cc(COCC(N)CCC(N)=O)ccc2c1. The van der Waals surface area contributed by atoms with E-state index in [2.05, 4.69) is 30.3 Å². The van der Waals surface area contributed by atoms with Gasteiger partial charge in [-0.1, -0.05) is 30.3 Å². The quantitative estimate of drug-likeness (QED) is 0.567. The summed E-state index contributed by atoms with van der Waals surface area (Å²) in [4.78, 5) is 21.6. The molecular formula is C20H27N3O3. The van der Waals surface area contributed by atoms with Crippen LogP contribution in [0.3, 0.4) is 0 Å². The van der Waals surface area contributed by atoms with Crippen molar-refractivity contribution in [1.82, 2.24) is 0 Å². The van der Waals surface area contributed by atoms with Crippen LogP contribution in [0.4, 0.5) is 0 Å². The molecule has 1 atom stereocenters. The highest BCUT2D eigenvalue weighted by atomic mass is 16.5. The lowest BCUT2D eigenvalue weighted by atomic mass is 10.0. The second-order valence-electron chi connectivity index (χ2n) is 6.62. The summed E-state index contributed by atoms with van der Waals surface area (Å²) >= 11 is 0. The summed E-state index contributed by atoms with van der Waals surface area (Å²) in [5.41, 5.74) is 18.4. The number of carbonyl (C=O) groups excluding carboxylic acids is 2. The highest BCUT2D eigenvalue weighted by molar-refractivity contribution is 5.83. The van der Waals surface area contributed by atoms with Gasteiger partial charge in [-0.05, 0) is 47.2 Å². The van der Waals surface area contributed by atoms with E-state index in [1.807, 2.05) is 6.07 Å². The van der Waals surface area contributed by atoms with Crippen LogP contribution in [0, 0.1) is 0 Å². The molecule has 6 heteroatoms. The smallest absolute Gasteiger partial charge is 0.217 e. The van der Waals surface area contributed by atoms with Gasteiger partial charge >= 0.3 is 0 Å². The Morgan fingerprint density at radius 3 is 2.19 bits per heavy atom. The summed E-state index contributed by atoms with van der Waals surface area (Å²) < 4.78 is 5.64. The molecule has 0 aliphatic rings. The third-order valence-corrected chi connectivity index (χ3v) is 4.22. The monoisotopic (exact) mass is 357 g/mol. The topological polar surface area (TPSA) is 121 Å². The van der Waals surface area contributed by atoms with Gasteiger partial charge in [-0.25, -0.2) is 0 Å². The minimum absolute atomic E-state index is 0.189. The fourth-order valence-corrected chi connectivity index (χ4v) is 2.80. The summed E-state index contributed by atoms with van der Waals surface area (Å²) in [7, 11) is 0. The van der Waals surface area contributed by atoms with E-state index in [4.69, 9.17) is 21.9 Å². The third kappa shape index (κ3) is 6.82. The van der Waals surface area contributed by atoms with Crippen molar-refractivity contribution in [2.24, 2.45) is 17.2 Å². The van der Waals surface area contributed by atoms with Gasteiger partial charge in [-0.2, -0.15) is 0 Å². The van der Waals surface area contributed by atoms with Gasteiger partial charge in [0.05, 0.1) is 13.2 Å². The molecule has 0 bridgehead atoms. The molecule has 2 amide bonds. The van der Waals surface area contributed by atoms with Crippen LogP contribution in [0.2, 0.25) is 0 Å². The van der Waals surface area contributed by atoms with E-state index < -0.39 is 0 Å². The normalized spacial score (nSPS) is 12.2. The maximum Gasteiger partial charge on any atom is 0.217 e. The molecule has 0 saturated heterocycles. The lowest BCUT2D eigenvalue weighted by molar-refractivity contribution is -0.119. The lowest BCUT2D eigenvalue weighted by Gasteiger charge is -2.12. The van der Waals surface area contributed by atoms with E-state index in [-0.39, 0.29) is 24.3 Å². The maximum absolute atomic E-state index is 10.8. The Morgan fingerprint density at radius 2 is 1.54 bits per heavy atom. The van der Waals surface area contributed by atoms with Crippen molar-refractivity contribution in [1.29, 1.82) is 0 Å².